The summed E-state index contributed by atoms with van der Waals surface area (Å²) >= 11 is 0. The van der Waals surface area contributed by atoms with Gasteiger partial charge in [-0.25, -0.2) is 0 Å². The minimum Gasteiger partial charge on any atom is -0.356 e. The third-order valence-corrected chi connectivity index (χ3v) is 5.91. The Morgan fingerprint density at radius 2 is 1.96 bits per heavy atom. The first-order valence-corrected chi connectivity index (χ1v) is 10.1. The quantitative estimate of drug-likeness (QED) is 0.615. The lowest BCUT2D eigenvalue weighted by Crippen LogP contribution is -2.55. The molecule has 1 saturated heterocycles. The van der Waals surface area contributed by atoms with Gasteiger partial charge in [-0.1, -0.05) is 6.42 Å². The van der Waals surface area contributed by atoms with E-state index in [2.05, 4.69) is 49.1 Å². The van der Waals surface area contributed by atoms with Gasteiger partial charge in [0.2, 0.25) is 0 Å². The summed E-state index contributed by atoms with van der Waals surface area (Å²) < 4.78 is 2.26. The number of aromatic nitrogens is 3. The normalized spacial score (nSPS) is 22.2. The zero-order valence-corrected chi connectivity index (χ0v) is 16.9. The molecule has 1 aromatic heterocycles. The van der Waals surface area contributed by atoms with Crippen molar-refractivity contribution in [1.29, 1.82) is 0 Å². The van der Waals surface area contributed by atoms with Gasteiger partial charge in [0.1, 0.15) is 11.6 Å². The Bertz CT molecular complexity index is 613. The fourth-order valence-electron chi connectivity index (χ4n) is 4.07. The van der Waals surface area contributed by atoms with Gasteiger partial charge >= 0.3 is 0 Å². The van der Waals surface area contributed by atoms with Crippen molar-refractivity contribution < 1.29 is 0 Å². The third kappa shape index (κ3) is 4.55. The molecule has 1 unspecified atom stereocenters. The molecule has 7 nitrogen and oxygen atoms in total. The van der Waals surface area contributed by atoms with Gasteiger partial charge in [0, 0.05) is 38.6 Å². The van der Waals surface area contributed by atoms with E-state index in [4.69, 9.17) is 0 Å². The molecule has 0 aromatic carbocycles. The largest absolute Gasteiger partial charge is 0.356 e. The van der Waals surface area contributed by atoms with Gasteiger partial charge in [-0.05, 0) is 59.0 Å². The van der Waals surface area contributed by atoms with Crippen molar-refractivity contribution in [2.45, 2.75) is 65.0 Å². The Hall–Kier alpha value is -1.63. The van der Waals surface area contributed by atoms with Crippen LogP contribution in [0.3, 0.4) is 0 Å². The van der Waals surface area contributed by atoms with E-state index in [1.165, 1.54) is 32.4 Å². The summed E-state index contributed by atoms with van der Waals surface area (Å²) in [5, 5.41) is 15.5. The fraction of sp³-hybridized carbons (Fsp3) is 0.842. The van der Waals surface area contributed by atoms with E-state index in [0.29, 0.717) is 5.92 Å². The molecule has 146 valence electrons. The standard InChI is InChI=1S/C19H35N7/c1-15-23-24-17-9-8-16(13-26(15)17)12-21-18(20-4)22-14-19(2,3)25-10-6-5-7-11-25/h16H,5-14H2,1-4H3,(H2,20,21,22). The van der Waals surface area contributed by atoms with Crippen LogP contribution >= 0.6 is 0 Å². The van der Waals surface area contributed by atoms with E-state index >= 15 is 0 Å². The summed E-state index contributed by atoms with van der Waals surface area (Å²) in [5.41, 5.74) is 0.150. The summed E-state index contributed by atoms with van der Waals surface area (Å²) in [6, 6.07) is 0. The summed E-state index contributed by atoms with van der Waals surface area (Å²) in [6.45, 7) is 12.0. The molecule has 1 atom stereocenters. The maximum atomic E-state index is 4.42. The number of rotatable bonds is 5. The minimum atomic E-state index is 0.150. The third-order valence-electron chi connectivity index (χ3n) is 5.91. The number of aryl methyl sites for hydroxylation is 2. The van der Waals surface area contributed by atoms with Crippen LogP contribution in [0.2, 0.25) is 0 Å². The monoisotopic (exact) mass is 361 g/mol. The highest BCUT2D eigenvalue weighted by Crippen LogP contribution is 2.20. The van der Waals surface area contributed by atoms with Crippen LogP contribution in [0.5, 0.6) is 0 Å². The highest BCUT2D eigenvalue weighted by molar-refractivity contribution is 5.79. The van der Waals surface area contributed by atoms with Crippen LogP contribution < -0.4 is 10.6 Å². The second-order valence-corrected chi connectivity index (χ2v) is 8.35. The van der Waals surface area contributed by atoms with Crippen LogP contribution in [-0.4, -0.2) is 64.4 Å². The van der Waals surface area contributed by atoms with Crippen LogP contribution in [0, 0.1) is 12.8 Å². The Kier molecular flexibility index (Phi) is 6.16. The van der Waals surface area contributed by atoms with Gasteiger partial charge < -0.3 is 15.2 Å². The summed E-state index contributed by atoms with van der Waals surface area (Å²) in [6.07, 6.45) is 6.19. The van der Waals surface area contributed by atoms with Gasteiger partial charge in [-0.2, -0.15) is 0 Å². The number of hydrogen-bond acceptors (Lipinski definition) is 4. The molecule has 7 heteroatoms. The molecule has 0 bridgehead atoms. The number of likely N-dealkylation sites (tertiary alicyclic amines) is 1. The molecule has 3 heterocycles. The first kappa shape index (κ1) is 19.1. The molecular weight excluding hydrogens is 326 g/mol. The minimum absolute atomic E-state index is 0.150. The molecule has 0 amide bonds. The highest BCUT2D eigenvalue weighted by Gasteiger charge is 2.28. The molecule has 26 heavy (non-hydrogen) atoms. The molecule has 1 aromatic rings. The topological polar surface area (TPSA) is 70.4 Å². The highest BCUT2D eigenvalue weighted by atomic mass is 15.3. The molecule has 2 N–H and O–H groups in total. The average molecular weight is 362 g/mol. The van der Waals surface area contributed by atoms with Crippen LogP contribution in [-0.2, 0) is 13.0 Å². The van der Waals surface area contributed by atoms with Crippen molar-refractivity contribution in [1.82, 2.24) is 30.3 Å². The van der Waals surface area contributed by atoms with E-state index in [9.17, 15) is 0 Å². The summed E-state index contributed by atoms with van der Waals surface area (Å²) in [5.74, 6) is 3.65. The number of nitrogens with one attached hydrogen (secondary N) is 2. The Labute approximate surface area is 157 Å². The van der Waals surface area contributed by atoms with Gasteiger partial charge in [0.25, 0.3) is 0 Å². The first-order valence-electron chi connectivity index (χ1n) is 10.1. The Balaban J connectivity index is 1.46. The second kappa shape index (κ2) is 8.37. The fourth-order valence-corrected chi connectivity index (χ4v) is 4.07. The zero-order chi connectivity index (χ0) is 18.6. The predicted molar refractivity (Wildman–Crippen MR) is 105 cm³/mol. The van der Waals surface area contributed by atoms with Crippen molar-refractivity contribution in [2.24, 2.45) is 10.9 Å². The van der Waals surface area contributed by atoms with E-state index in [1.54, 1.807) is 0 Å². The van der Waals surface area contributed by atoms with Crippen LogP contribution in [0.15, 0.2) is 4.99 Å². The lowest BCUT2D eigenvalue weighted by atomic mass is 9.98. The Morgan fingerprint density at radius 1 is 1.19 bits per heavy atom. The van der Waals surface area contributed by atoms with Crippen molar-refractivity contribution in [3.05, 3.63) is 11.6 Å². The van der Waals surface area contributed by atoms with Gasteiger partial charge in [0.05, 0.1) is 0 Å². The van der Waals surface area contributed by atoms with Crippen molar-refractivity contribution in [3.8, 4) is 0 Å². The first-order chi connectivity index (χ1) is 12.5. The molecule has 1 fully saturated rings. The van der Waals surface area contributed by atoms with Gasteiger partial charge in [-0.3, -0.25) is 9.89 Å². The van der Waals surface area contributed by atoms with Gasteiger partial charge in [-0.15, -0.1) is 10.2 Å². The van der Waals surface area contributed by atoms with Crippen molar-refractivity contribution in [2.75, 3.05) is 33.2 Å². The van der Waals surface area contributed by atoms with Crippen LogP contribution in [0.1, 0.15) is 51.2 Å². The Morgan fingerprint density at radius 3 is 2.69 bits per heavy atom. The molecule has 0 aliphatic carbocycles. The number of hydrogen-bond donors (Lipinski definition) is 2. The maximum Gasteiger partial charge on any atom is 0.191 e. The van der Waals surface area contributed by atoms with Crippen molar-refractivity contribution in [3.63, 3.8) is 0 Å². The second-order valence-electron chi connectivity index (χ2n) is 8.35. The van der Waals surface area contributed by atoms with E-state index in [0.717, 1.165) is 50.1 Å². The number of guanidine groups is 1. The predicted octanol–water partition coefficient (Wildman–Crippen LogP) is 1.58. The van der Waals surface area contributed by atoms with Crippen LogP contribution in [0.25, 0.3) is 0 Å². The smallest absolute Gasteiger partial charge is 0.191 e. The summed E-state index contributed by atoms with van der Waals surface area (Å²) in [7, 11) is 1.85. The lowest BCUT2D eigenvalue weighted by molar-refractivity contribution is 0.0982. The molecule has 2 aliphatic rings. The maximum absolute atomic E-state index is 4.42. The number of fused-ring (bicyclic) bond motifs is 1. The van der Waals surface area contributed by atoms with E-state index < -0.39 is 0 Å². The molecule has 3 rings (SSSR count). The van der Waals surface area contributed by atoms with E-state index in [-0.39, 0.29) is 5.54 Å². The lowest BCUT2D eigenvalue weighted by Gasteiger charge is -2.41. The number of aliphatic imine (C=N–C) groups is 1. The van der Waals surface area contributed by atoms with E-state index in [1.807, 2.05) is 14.0 Å². The molecule has 0 saturated carbocycles. The SMILES string of the molecule is CN=C(NCC1CCc2nnc(C)n2C1)NCC(C)(C)N1CCCCC1. The van der Waals surface area contributed by atoms with Gasteiger partial charge in [0.15, 0.2) is 5.96 Å². The molecule has 2 aliphatic heterocycles. The number of nitrogens with zero attached hydrogens (tertiary/aromatic N) is 5. The molecular formula is C19H35N7. The van der Waals surface area contributed by atoms with Crippen LogP contribution in [0.4, 0.5) is 0 Å². The molecule has 0 radical (unpaired) electrons. The zero-order valence-electron chi connectivity index (χ0n) is 16.9. The summed E-state index contributed by atoms with van der Waals surface area (Å²) in [4.78, 5) is 7.02. The number of piperidine rings is 1. The average Bonchev–Trinajstić information content (AvgIpc) is 3.03. The molecule has 0 spiro atoms. The van der Waals surface area contributed by atoms with Crippen molar-refractivity contribution >= 4 is 5.96 Å².